The minimum atomic E-state index is 0.855. The second-order valence-electron chi connectivity index (χ2n) is 4.81. The maximum absolute atomic E-state index is 4.50. The first-order valence-corrected chi connectivity index (χ1v) is 7.63. The summed E-state index contributed by atoms with van der Waals surface area (Å²) >= 11 is 2.32. The van der Waals surface area contributed by atoms with Crippen LogP contribution in [-0.2, 0) is 6.54 Å². The van der Waals surface area contributed by atoms with Crippen molar-refractivity contribution in [2.75, 3.05) is 0 Å². The molecule has 0 amide bonds. The smallest absolute Gasteiger partial charge is 0.140 e. The third-order valence-electron chi connectivity index (χ3n) is 3.42. The van der Waals surface area contributed by atoms with Crippen molar-refractivity contribution in [1.29, 1.82) is 0 Å². The Hall–Kier alpha value is -1.62. The molecule has 1 heterocycles. The lowest BCUT2D eigenvalue weighted by molar-refractivity contribution is 0.801. The molecule has 3 aromatic rings. The number of benzene rings is 2. The molecule has 0 aliphatic heterocycles. The molecule has 0 bridgehead atoms. The van der Waals surface area contributed by atoms with E-state index in [-0.39, 0.29) is 0 Å². The highest BCUT2D eigenvalue weighted by molar-refractivity contribution is 14.1. The highest BCUT2D eigenvalue weighted by Gasteiger charge is 2.07. The summed E-state index contributed by atoms with van der Waals surface area (Å²) in [6.07, 6.45) is 3.91. The van der Waals surface area contributed by atoms with Crippen molar-refractivity contribution < 1.29 is 0 Å². The standard InChI is InChI=1S/C17H15IN2/c1-13-4-2-3-5-15(13)12-20-11-10-19-17(20)14-6-8-16(18)9-7-14/h2-11H,12H2,1H3. The summed E-state index contributed by atoms with van der Waals surface area (Å²) in [7, 11) is 0. The van der Waals surface area contributed by atoms with E-state index in [1.807, 2.05) is 12.4 Å². The van der Waals surface area contributed by atoms with Crippen LogP contribution in [0.5, 0.6) is 0 Å². The second-order valence-corrected chi connectivity index (χ2v) is 6.06. The van der Waals surface area contributed by atoms with Gasteiger partial charge in [-0.25, -0.2) is 4.98 Å². The summed E-state index contributed by atoms with van der Waals surface area (Å²) in [5, 5.41) is 0. The van der Waals surface area contributed by atoms with Gasteiger partial charge in [-0.1, -0.05) is 36.4 Å². The monoisotopic (exact) mass is 374 g/mol. The molecule has 0 radical (unpaired) electrons. The van der Waals surface area contributed by atoms with Crippen LogP contribution < -0.4 is 0 Å². The van der Waals surface area contributed by atoms with Crippen LogP contribution in [0.2, 0.25) is 0 Å². The van der Waals surface area contributed by atoms with Crippen molar-refractivity contribution in [3.63, 3.8) is 0 Å². The number of hydrogen-bond acceptors (Lipinski definition) is 1. The molecule has 0 saturated heterocycles. The molecular weight excluding hydrogens is 359 g/mol. The van der Waals surface area contributed by atoms with Crippen molar-refractivity contribution in [2.45, 2.75) is 13.5 Å². The Bertz CT molecular complexity index is 714. The van der Waals surface area contributed by atoms with Gasteiger partial charge >= 0.3 is 0 Å². The number of aryl methyl sites for hydroxylation is 1. The van der Waals surface area contributed by atoms with Crippen LogP contribution in [0.1, 0.15) is 11.1 Å². The van der Waals surface area contributed by atoms with Crippen molar-refractivity contribution >= 4 is 22.6 Å². The average Bonchev–Trinajstić information content (AvgIpc) is 2.90. The topological polar surface area (TPSA) is 17.8 Å². The predicted octanol–water partition coefficient (Wildman–Crippen LogP) is 4.51. The highest BCUT2D eigenvalue weighted by atomic mass is 127. The van der Waals surface area contributed by atoms with Crippen LogP contribution in [0.25, 0.3) is 11.4 Å². The minimum Gasteiger partial charge on any atom is -0.327 e. The third kappa shape index (κ3) is 2.77. The number of imidazole rings is 1. The van der Waals surface area contributed by atoms with Crippen molar-refractivity contribution in [3.8, 4) is 11.4 Å². The first kappa shape index (κ1) is 13.4. The molecule has 0 saturated carbocycles. The maximum atomic E-state index is 4.50. The van der Waals surface area contributed by atoms with Crippen LogP contribution in [0, 0.1) is 10.5 Å². The first-order chi connectivity index (χ1) is 9.74. The zero-order valence-corrected chi connectivity index (χ0v) is 13.4. The van der Waals surface area contributed by atoms with E-state index in [0.717, 1.165) is 17.9 Å². The summed E-state index contributed by atoms with van der Waals surface area (Å²) in [5.41, 5.74) is 3.80. The number of rotatable bonds is 3. The number of nitrogens with zero attached hydrogens (tertiary/aromatic N) is 2. The molecular formula is C17H15IN2. The molecule has 0 atom stereocenters. The lowest BCUT2D eigenvalue weighted by Crippen LogP contribution is -2.02. The van der Waals surface area contributed by atoms with Gasteiger partial charge in [0, 0.05) is 28.1 Å². The Morgan fingerprint density at radius 3 is 2.55 bits per heavy atom. The Balaban J connectivity index is 1.95. The molecule has 2 nitrogen and oxygen atoms in total. The Labute approximate surface area is 132 Å². The van der Waals surface area contributed by atoms with Gasteiger partial charge in [-0.15, -0.1) is 0 Å². The number of halogens is 1. The van der Waals surface area contributed by atoms with Gasteiger partial charge in [0.15, 0.2) is 0 Å². The summed E-state index contributed by atoms with van der Waals surface area (Å²) < 4.78 is 3.44. The quantitative estimate of drug-likeness (QED) is 0.617. The summed E-state index contributed by atoms with van der Waals surface area (Å²) in [4.78, 5) is 4.50. The molecule has 2 aromatic carbocycles. The average molecular weight is 374 g/mol. The predicted molar refractivity (Wildman–Crippen MR) is 90.7 cm³/mol. The largest absolute Gasteiger partial charge is 0.327 e. The summed E-state index contributed by atoms with van der Waals surface area (Å²) in [6.45, 7) is 3.00. The van der Waals surface area contributed by atoms with E-state index in [1.54, 1.807) is 0 Å². The zero-order valence-electron chi connectivity index (χ0n) is 11.3. The van der Waals surface area contributed by atoms with Crippen LogP contribution in [0.3, 0.4) is 0 Å². The van der Waals surface area contributed by atoms with E-state index in [2.05, 4.69) is 87.6 Å². The Morgan fingerprint density at radius 2 is 1.80 bits per heavy atom. The fraction of sp³-hybridized carbons (Fsp3) is 0.118. The van der Waals surface area contributed by atoms with Crippen LogP contribution >= 0.6 is 22.6 Å². The van der Waals surface area contributed by atoms with Crippen molar-refractivity contribution in [1.82, 2.24) is 9.55 Å². The fourth-order valence-corrected chi connectivity index (χ4v) is 2.63. The van der Waals surface area contributed by atoms with Crippen molar-refractivity contribution in [3.05, 3.63) is 75.6 Å². The molecule has 20 heavy (non-hydrogen) atoms. The first-order valence-electron chi connectivity index (χ1n) is 6.55. The van der Waals surface area contributed by atoms with E-state index in [0.29, 0.717) is 0 Å². The molecule has 0 N–H and O–H groups in total. The lowest BCUT2D eigenvalue weighted by Gasteiger charge is -2.10. The van der Waals surface area contributed by atoms with Gasteiger partial charge in [0.05, 0.1) is 0 Å². The van der Waals surface area contributed by atoms with E-state index >= 15 is 0 Å². The zero-order chi connectivity index (χ0) is 13.9. The maximum Gasteiger partial charge on any atom is 0.140 e. The van der Waals surface area contributed by atoms with Gasteiger partial charge in [-0.3, -0.25) is 0 Å². The van der Waals surface area contributed by atoms with Gasteiger partial charge in [0.1, 0.15) is 5.82 Å². The lowest BCUT2D eigenvalue weighted by atomic mass is 10.1. The summed E-state index contributed by atoms with van der Waals surface area (Å²) in [5.74, 6) is 1.02. The summed E-state index contributed by atoms with van der Waals surface area (Å²) in [6, 6.07) is 17.0. The molecule has 1 aromatic heterocycles. The van der Waals surface area contributed by atoms with Gasteiger partial charge in [0.2, 0.25) is 0 Å². The van der Waals surface area contributed by atoms with Crippen LogP contribution in [-0.4, -0.2) is 9.55 Å². The number of hydrogen-bond donors (Lipinski definition) is 0. The fourth-order valence-electron chi connectivity index (χ4n) is 2.27. The van der Waals surface area contributed by atoms with E-state index < -0.39 is 0 Å². The molecule has 3 heteroatoms. The SMILES string of the molecule is Cc1ccccc1Cn1ccnc1-c1ccc(I)cc1. The van der Waals surface area contributed by atoms with E-state index in [9.17, 15) is 0 Å². The van der Waals surface area contributed by atoms with Crippen LogP contribution in [0.4, 0.5) is 0 Å². The van der Waals surface area contributed by atoms with Gasteiger partial charge in [0.25, 0.3) is 0 Å². The van der Waals surface area contributed by atoms with Gasteiger partial charge in [-0.05, 0) is 52.8 Å². The highest BCUT2D eigenvalue weighted by Crippen LogP contribution is 2.20. The Morgan fingerprint density at radius 1 is 1.05 bits per heavy atom. The number of aromatic nitrogens is 2. The normalized spacial score (nSPS) is 10.7. The molecule has 0 fully saturated rings. The minimum absolute atomic E-state index is 0.855. The van der Waals surface area contributed by atoms with Crippen LogP contribution in [0.15, 0.2) is 60.9 Å². The Kier molecular flexibility index (Phi) is 3.87. The van der Waals surface area contributed by atoms with Gasteiger partial charge in [-0.2, -0.15) is 0 Å². The molecule has 100 valence electrons. The molecule has 0 aliphatic rings. The second kappa shape index (κ2) is 5.79. The van der Waals surface area contributed by atoms with E-state index in [1.165, 1.54) is 14.7 Å². The van der Waals surface area contributed by atoms with E-state index in [4.69, 9.17) is 0 Å². The molecule has 3 rings (SSSR count). The van der Waals surface area contributed by atoms with Crippen molar-refractivity contribution in [2.24, 2.45) is 0 Å². The van der Waals surface area contributed by atoms with Gasteiger partial charge < -0.3 is 4.57 Å². The molecule has 0 aliphatic carbocycles. The molecule has 0 spiro atoms. The third-order valence-corrected chi connectivity index (χ3v) is 4.14. The molecule has 0 unspecified atom stereocenters.